The van der Waals surface area contributed by atoms with Crippen LogP contribution in [0.2, 0.25) is 0 Å². The van der Waals surface area contributed by atoms with E-state index in [1.54, 1.807) is 17.5 Å². The second kappa shape index (κ2) is 5.98. The van der Waals surface area contributed by atoms with Crippen molar-refractivity contribution in [2.75, 3.05) is 13.2 Å². The Balaban J connectivity index is 1.88. The summed E-state index contributed by atoms with van der Waals surface area (Å²) in [4.78, 5) is 8.72. The van der Waals surface area contributed by atoms with Crippen LogP contribution in [0, 0.1) is 0 Å². The van der Waals surface area contributed by atoms with Gasteiger partial charge < -0.3 is 9.84 Å². The standard InChI is InChI=1S/C15H14N2O2S/c18-7-2-8-19-12-4-5-13-14(9-12)20-15(17-13)11-3-1-6-16-10-11/h1,3-6,9-10,18H,2,7-8H2. The third kappa shape index (κ3) is 2.79. The summed E-state index contributed by atoms with van der Waals surface area (Å²) in [5.41, 5.74) is 1.99. The first-order chi connectivity index (χ1) is 9.86. The van der Waals surface area contributed by atoms with Gasteiger partial charge in [-0.3, -0.25) is 4.98 Å². The van der Waals surface area contributed by atoms with E-state index in [0.717, 1.165) is 26.5 Å². The minimum atomic E-state index is 0.147. The second-order valence-electron chi connectivity index (χ2n) is 4.32. The predicted octanol–water partition coefficient (Wildman–Crippen LogP) is 3.12. The van der Waals surface area contributed by atoms with Crippen molar-refractivity contribution >= 4 is 21.6 Å². The fourth-order valence-corrected chi connectivity index (χ4v) is 2.85. The molecule has 102 valence electrons. The van der Waals surface area contributed by atoms with Crippen molar-refractivity contribution in [3.05, 3.63) is 42.7 Å². The van der Waals surface area contributed by atoms with Gasteiger partial charge in [-0.25, -0.2) is 4.98 Å². The lowest BCUT2D eigenvalue weighted by molar-refractivity contribution is 0.234. The van der Waals surface area contributed by atoms with Crippen molar-refractivity contribution in [1.82, 2.24) is 9.97 Å². The monoisotopic (exact) mass is 286 g/mol. The zero-order valence-corrected chi connectivity index (χ0v) is 11.6. The normalized spacial score (nSPS) is 10.8. The molecule has 0 aliphatic rings. The maximum Gasteiger partial charge on any atom is 0.126 e. The number of nitrogens with zero attached hydrogens (tertiary/aromatic N) is 2. The first-order valence-corrected chi connectivity index (χ1v) is 7.23. The number of hydrogen-bond donors (Lipinski definition) is 1. The van der Waals surface area contributed by atoms with Crippen molar-refractivity contribution in [3.63, 3.8) is 0 Å². The van der Waals surface area contributed by atoms with Crippen LogP contribution in [-0.4, -0.2) is 28.3 Å². The molecule has 0 bridgehead atoms. The molecule has 3 rings (SSSR count). The van der Waals surface area contributed by atoms with E-state index < -0.39 is 0 Å². The Morgan fingerprint density at radius 3 is 3.00 bits per heavy atom. The lowest BCUT2D eigenvalue weighted by atomic mass is 10.3. The fourth-order valence-electron chi connectivity index (χ4n) is 1.86. The number of fused-ring (bicyclic) bond motifs is 1. The van der Waals surface area contributed by atoms with Crippen LogP contribution in [0.5, 0.6) is 5.75 Å². The molecule has 0 amide bonds. The molecule has 3 aromatic rings. The molecule has 0 unspecified atom stereocenters. The van der Waals surface area contributed by atoms with Crippen molar-refractivity contribution in [2.24, 2.45) is 0 Å². The lowest BCUT2D eigenvalue weighted by Gasteiger charge is -2.03. The van der Waals surface area contributed by atoms with Crippen LogP contribution in [-0.2, 0) is 0 Å². The molecule has 0 fully saturated rings. The van der Waals surface area contributed by atoms with E-state index in [1.807, 2.05) is 36.5 Å². The van der Waals surface area contributed by atoms with Gasteiger partial charge in [-0.05, 0) is 30.3 Å². The molecule has 20 heavy (non-hydrogen) atoms. The van der Waals surface area contributed by atoms with Gasteiger partial charge in [0.25, 0.3) is 0 Å². The number of ether oxygens (including phenoxy) is 1. The highest BCUT2D eigenvalue weighted by Crippen LogP contribution is 2.31. The maximum absolute atomic E-state index is 8.75. The minimum Gasteiger partial charge on any atom is -0.493 e. The van der Waals surface area contributed by atoms with E-state index in [2.05, 4.69) is 9.97 Å². The van der Waals surface area contributed by atoms with Gasteiger partial charge in [0.2, 0.25) is 0 Å². The molecule has 0 radical (unpaired) electrons. The number of benzene rings is 1. The van der Waals surface area contributed by atoms with Crippen LogP contribution < -0.4 is 4.74 Å². The third-order valence-electron chi connectivity index (χ3n) is 2.84. The highest BCUT2D eigenvalue weighted by atomic mass is 32.1. The number of hydrogen-bond acceptors (Lipinski definition) is 5. The molecule has 0 saturated carbocycles. The Morgan fingerprint density at radius 1 is 1.25 bits per heavy atom. The van der Waals surface area contributed by atoms with E-state index >= 15 is 0 Å². The second-order valence-corrected chi connectivity index (χ2v) is 5.35. The van der Waals surface area contributed by atoms with Crippen LogP contribution in [0.25, 0.3) is 20.8 Å². The average Bonchev–Trinajstić information content (AvgIpc) is 2.92. The Labute approximate surface area is 120 Å². The summed E-state index contributed by atoms with van der Waals surface area (Å²) in [7, 11) is 0. The van der Waals surface area contributed by atoms with Crippen LogP contribution in [0.1, 0.15) is 6.42 Å². The molecule has 0 atom stereocenters. The van der Waals surface area contributed by atoms with Crippen molar-refractivity contribution in [3.8, 4) is 16.3 Å². The molecule has 0 spiro atoms. The van der Waals surface area contributed by atoms with Gasteiger partial charge in [0.15, 0.2) is 0 Å². The number of aliphatic hydroxyl groups excluding tert-OH is 1. The molecule has 2 aromatic heterocycles. The molecule has 5 heteroatoms. The van der Waals surface area contributed by atoms with Gasteiger partial charge in [0, 0.05) is 31.0 Å². The summed E-state index contributed by atoms with van der Waals surface area (Å²) in [6.45, 7) is 0.671. The van der Waals surface area contributed by atoms with Crippen LogP contribution >= 0.6 is 11.3 Å². The zero-order valence-electron chi connectivity index (χ0n) is 10.8. The number of thiazole rings is 1. The fraction of sp³-hybridized carbons (Fsp3) is 0.200. The summed E-state index contributed by atoms with van der Waals surface area (Å²) in [5, 5.41) is 9.71. The van der Waals surface area contributed by atoms with Gasteiger partial charge in [0.1, 0.15) is 10.8 Å². The van der Waals surface area contributed by atoms with Gasteiger partial charge in [-0.15, -0.1) is 11.3 Å². The molecule has 4 nitrogen and oxygen atoms in total. The lowest BCUT2D eigenvalue weighted by Crippen LogP contribution is -1.99. The highest BCUT2D eigenvalue weighted by Gasteiger charge is 2.07. The molecular formula is C15H14N2O2S. The minimum absolute atomic E-state index is 0.147. The topological polar surface area (TPSA) is 55.2 Å². The molecule has 2 heterocycles. The Morgan fingerprint density at radius 2 is 2.20 bits per heavy atom. The number of aliphatic hydroxyl groups is 1. The Hall–Kier alpha value is -1.98. The van der Waals surface area contributed by atoms with Crippen molar-refractivity contribution < 1.29 is 9.84 Å². The molecule has 0 aliphatic heterocycles. The number of rotatable bonds is 5. The summed E-state index contributed by atoms with van der Waals surface area (Å²) in [6.07, 6.45) is 4.21. The summed E-state index contributed by atoms with van der Waals surface area (Å²) in [5.74, 6) is 0.812. The van der Waals surface area contributed by atoms with Crippen LogP contribution in [0.3, 0.4) is 0 Å². The molecular weight excluding hydrogens is 272 g/mol. The van der Waals surface area contributed by atoms with E-state index in [-0.39, 0.29) is 6.61 Å². The number of aromatic nitrogens is 2. The number of pyridine rings is 1. The quantitative estimate of drug-likeness (QED) is 0.732. The summed E-state index contributed by atoms with van der Waals surface area (Å²) >= 11 is 1.62. The van der Waals surface area contributed by atoms with Gasteiger partial charge >= 0.3 is 0 Å². The molecule has 0 aliphatic carbocycles. The highest BCUT2D eigenvalue weighted by molar-refractivity contribution is 7.21. The smallest absolute Gasteiger partial charge is 0.126 e. The maximum atomic E-state index is 8.75. The summed E-state index contributed by atoms with van der Waals surface area (Å²) < 4.78 is 6.66. The van der Waals surface area contributed by atoms with Crippen molar-refractivity contribution in [2.45, 2.75) is 6.42 Å². The summed E-state index contributed by atoms with van der Waals surface area (Å²) in [6, 6.07) is 9.77. The SMILES string of the molecule is OCCCOc1ccc2nc(-c3cccnc3)sc2c1. The van der Waals surface area contributed by atoms with Crippen LogP contribution in [0.4, 0.5) is 0 Å². The largest absolute Gasteiger partial charge is 0.493 e. The third-order valence-corrected chi connectivity index (χ3v) is 3.91. The molecule has 1 aromatic carbocycles. The van der Waals surface area contributed by atoms with E-state index in [4.69, 9.17) is 9.84 Å². The average molecular weight is 286 g/mol. The van der Waals surface area contributed by atoms with E-state index in [9.17, 15) is 0 Å². The van der Waals surface area contributed by atoms with Crippen molar-refractivity contribution in [1.29, 1.82) is 0 Å². The Bertz CT molecular complexity index is 697. The Kier molecular flexibility index (Phi) is 3.90. The zero-order chi connectivity index (χ0) is 13.8. The predicted molar refractivity (Wildman–Crippen MR) is 80.0 cm³/mol. The molecule has 1 N–H and O–H groups in total. The van der Waals surface area contributed by atoms with Gasteiger partial charge in [-0.1, -0.05) is 0 Å². The first-order valence-electron chi connectivity index (χ1n) is 6.41. The van der Waals surface area contributed by atoms with Gasteiger partial charge in [-0.2, -0.15) is 0 Å². The van der Waals surface area contributed by atoms with Crippen LogP contribution in [0.15, 0.2) is 42.7 Å². The van der Waals surface area contributed by atoms with Gasteiger partial charge in [0.05, 0.1) is 16.8 Å². The first kappa shape index (κ1) is 13.0. The molecule has 0 saturated heterocycles. The van der Waals surface area contributed by atoms with E-state index in [1.165, 1.54) is 0 Å². The van der Waals surface area contributed by atoms with E-state index in [0.29, 0.717) is 13.0 Å².